The van der Waals surface area contributed by atoms with Crippen LogP contribution in [-0.2, 0) is 6.54 Å². The second kappa shape index (κ2) is 8.79. The summed E-state index contributed by atoms with van der Waals surface area (Å²) in [5.74, 6) is -0.502. The summed E-state index contributed by atoms with van der Waals surface area (Å²) in [7, 11) is 0. The lowest BCUT2D eigenvalue weighted by Gasteiger charge is -2.23. The number of aryl methyl sites for hydroxylation is 1. The summed E-state index contributed by atoms with van der Waals surface area (Å²) in [5.41, 5.74) is 5.07. The van der Waals surface area contributed by atoms with Crippen molar-refractivity contribution >= 4 is 29.0 Å². The van der Waals surface area contributed by atoms with Gasteiger partial charge in [-0.2, -0.15) is 0 Å². The third-order valence-corrected chi connectivity index (χ3v) is 6.05. The summed E-state index contributed by atoms with van der Waals surface area (Å²) in [4.78, 5) is 40.9. The van der Waals surface area contributed by atoms with E-state index in [1.807, 2.05) is 49.4 Å². The standard InChI is InChI=1S/C29H22N2O3/c1-19-8-2-4-10-23(19)28(33)30-22-16-14-20(15-17-22)29(34)31-18-21-9-3-5-11-24(21)27(32)25-12-6-7-13-26(25)31/h2-17H,18H2,1H3,(H,30,33). The minimum absolute atomic E-state index is 0.0873. The van der Waals surface area contributed by atoms with Crippen LogP contribution in [0.5, 0.6) is 0 Å². The minimum Gasteiger partial charge on any atom is -0.322 e. The van der Waals surface area contributed by atoms with Crippen LogP contribution in [0.4, 0.5) is 11.4 Å². The smallest absolute Gasteiger partial charge is 0.258 e. The highest BCUT2D eigenvalue weighted by molar-refractivity contribution is 6.18. The van der Waals surface area contributed by atoms with Crippen LogP contribution < -0.4 is 10.2 Å². The van der Waals surface area contributed by atoms with Gasteiger partial charge in [-0.3, -0.25) is 14.4 Å². The molecule has 4 aromatic rings. The van der Waals surface area contributed by atoms with Crippen LogP contribution in [0.3, 0.4) is 0 Å². The molecule has 0 bridgehead atoms. The molecule has 0 aromatic heterocycles. The van der Waals surface area contributed by atoms with Gasteiger partial charge in [0, 0.05) is 27.9 Å². The third-order valence-electron chi connectivity index (χ3n) is 6.05. The quantitative estimate of drug-likeness (QED) is 0.443. The molecule has 0 aliphatic carbocycles. The number of amides is 2. The third kappa shape index (κ3) is 3.88. The molecule has 1 aliphatic heterocycles. The van der Waals surface area contributed by atoms with Crippen molar-refractivity contribution < 1.29 is 14.4 Å². The van der Waals surface area contributed by atoms with E-state index in [1.165, 1.54) is 0 Å². The molecule has 0 atom stereocenters. The van der Waals surface area contributed by atoms with Gasteiger partial charge in [-0.25, -0.2) is 0 Å². The zero-order chi connectivity index (χ0) is 23.7. The molecule has 0 radical (unpaired) electrons. The average Bonchev–Trinajstić information content (AvgIpc) is 2.99. The highest BCUT2D eigenvalue weighted by Crippen LogP contribution is 2.31. The van der Waals surface area contributed by atoms with E-state index in [9.17, 15) is 14.4 Å². The van der Waals surface area contributed by atoms with Gasteiger partial charge < -0.3 is 10.2 Å². The minimum atomic E-state index is -0.214. The number of anilines is 2. The number of nitrogens with one attached hydrogen (secondary N) is 1. The zero-order valence-corrected chi connectivity index (χ0v) is 18.6. The summed E-state index contributed by atoms with van der Waals surface area (Å²) in [6.07, 6.45) is 0. The molecule has 2 amide bonds. The molecule has 0 saturated heterocycles. The monoisotopic (exact) mass is 446 g/mol. The summed E-state index contributed by atoms with van der Waals surface area (Å²) in [6.45, 7) is 2.18. The molecule has 1 heterocycles. The number of carbonyl (C=O) groups is 3. The molecule has 1 N–H and O–H groups in total. The van der Waals surface area contributed by atoms with Crippen LogP contribution in [0.1, 0.15) is 47.8 Å². The molecule has 1 aliphatic rings. The van der Waals surface area contributed by atoms with Gasteiger partial charge in [0.1, 0.15) is 0 Å². The maximum atomic E-state index is 13.6. The predicted octanol–water partition coefficient (Wildman–Crippen LogP) is 5.64. The lowest BCUT2D eigenvalue weighted by molar-refractivity contribution is 0.0984. The van der Waals surface area contributed by atoms with Crippen molar-refractivity contribution in [3.8, 4) is 0 Å². The van der Waals surface area contributed by atoms with Gasteiger partial charge in [-0.05, 0) is 60.5 Å². The van der Waals surface area contributed by atoms with E-state index in [1.54, 1.807) is 59.5 Å². The Balaban J connectivity index is 1.43. The van der Waals surface area contributed by atoms with E-state index in [-0.39, 0.29) is 17.6 Å². The van der Waals surface area contributed by atoms with Crippen molar-refractivity contribution in [2.24, 2.45) is 0 Å². The molecule has 0 fully saturated rings. The number of para-hydroxylation sites is 1. The van der Waals surface area contributed by atoms with E-state index < -0.39 is 0 Å². The molecular formula is C29H22N2O3. The van der Waals surface area contributed by atoms with E-state index in [0.29, 0.717) is 40.2 Å². The van der Waals surface area contributed by atoms with Crippen LogP contribution in [0.25, 0.3) is 0 Å². The van der Waals surface area contributed by atoms with Gasteiger partial charge in [0.2, 0.25) is 0 Å². The predicted molar refractivity (Wildman–Crippen MR) is 132 cm³/mol. The highest BCUT2D eigenvalue weighted by Gasteiger charge is 2.29. The number of hydrogen-bond acceptors (Lipinski definition) is 3. The molecule has 0 unspecified atom stereocenters. The molecule has 0 spiro atoms. The van der Waals surface area contributed by atoms with Gasteiger partial charge in [-0.1, -0.05) is 54.6 Å². The van der Waals surface area contributed by atoms with E-state index in [4.69, 9.17) is 0 Å². The fourth-order valence-corrected chi connectivity index (χ4v) is 4.24. The van der Waals surface area contributed by atoms with E-state index in [0.717, 1.165) is 11.1 Å². The Kier molecular flexibility index (Phi) is 5.52. The van der Waals surface area contributed by atoms with Gasteiger partial charge >= 0.3 is 0 Å². The van der Waals surface area contributed by atoms with Gasteiger partial charge in [0.05, 0.1) is 12.2 Å². The Hall–Kier alpha value is -4.51. The Bertz CT molecular complexity index is 1420. The number of ketones is 1. The van der Waals surface area contributed by atoms with Crippen LogP contribution in [0.2, 0.25) is 0 Å². The van der Waals surface area contributed by atoms with Crippen molar-refractivity contribution in [3.63, 3.8) is 0 Å². The topological polar surface area (TPSA) is 66.5 Å². The number of nitrogens with zero attached hydrogens (tertiary/aromatic N) is 1. The van der Waals surface area contributed by atoms with Crippen LogP contribution >= 0.6 is 0 Å². The Morgan fingerprint density at radius 1 is 0.765 bits per heavy atom. The summed E-state index contributed by atoms with van der Waals surface area (Å²) >= 11 is 0. The molecule has 4 aromatic carbocycles. The first-order valence-corrected chi connectivity index (χ1v) is 11.0. The van der Waals surface area contributed by atoms with Crippen LogP contribution in [-0.4, -0.2) is 17.6 Å². The Morgan fingerprint density at radius 3 is 2.18 bits per heavy atom. The second-order valence-electron chi connectivity index (χ2n) is 8.24. The van der Waals surface area contributed by atoms with Crippen molar-refractivity contribution in [3.05, 3.63) is 130 Å². The largest absolute Gasteiger partial charge is 0.322 e. The molecule has 0 saturated carbocycles. The molecule has 5 rings (SSSR count). The first-order chi connectivity index (χ1) is 16.5. The Morgan fingerprint density at radius 2 is 1.41 bits per heavy atom. The number of rotatable bonds is 3. The molecular weight excluding hydrogens is 424 g/mol. The van der Waals surface area contributed by atoms with E-state index >= 15 is 0 Å². The van der Waals surface area contributed by atoms with Gasteiger partial charge in [0.25, 0.3) is 11.8 Å². The van der Waals surface area contributed by atoms with Crippen molar-refractivity contribution in [1.82, 2.24) is 0 Å². The van der Waals surface area contributed by atoms with Gasteiger partial charge in [-0.15, -0.1) is 0 Å². The van der Waals surface area contributed by atoms with Crippen molar-refractivity contribution in [2.75, 3.05) is 10.2 Å². The first-order valence-electron chi connectivity index (χ1n) is 11.0. The zero-order valence-electron chi connectivity index (χ0n) is 18.6. The van der Waals surface area contributed by atoms with Crippen LogP contribution in [0.15, 0.2) is 97.1 Å². The fraction of sp³-hybridized carbons (Fsp3) is 0.0690. The average molecular weight is 447 g/mol. The fourth-order valence-electron chi connectivity index (χ4n) is 4.24. The highest BCUT2D eigenvalue weighted by atomic mass is 16.2. The number of benzene rings is 4. The van der Waals surface area contributed by atoms with Gasteiger partial charge in [0.15, 0.2) is 5.78 Å². The van der Waals surface area contributed by atoms with E-state index in [2.05, 4.69) is 5.32 Å². The van der Waals surface area contributed by atoms with Crippen molar-refractivity contribution in [2.45, 2.75) is 13.5 Å². The van der Waals surface area contributed by atoms with Crippen molar-refractivity contribution in [1.29, 1.82) is 0 Å². The molecule has 5 nitrogen and oxygen atoms in total. The maximum Gasteiger partial charge on any atom is 0.258 e. The SMILES string of the molecule is Cc1ccccc1C(=O)Nc1ccc(C(=O)N2Cc3ccccc3C(=O)c3ccccc32)cc1. The number of hydrogen-bond donors (Lipinski definition) is 1. The molecule has 34 heavy (non-hydrogen) atoms. The first kappa shape index (κ1) is 21.3. The maximum absolute atomic E-state index is 13.6. The lowest BCUT2D eigenvalue weighted by atomic mass is 9.99. The summed E-state index contributed by atoms with van der Waals surface area (Å²) in [5, 5.41) is 2.88. The number of carbonyl (C=O) groups excluding carboxylic acids is 3. The molecule has 5 heteroatoms. The summed E-state index contributed by atoms with van der Waals surface area (Å²) in [6, 6.07) is 28.8. The number of fused-ring (bicyclic) bond motifs is 2. The lowest BCUT2D eigenvalue weighted by Crippen LogP contribution is -2.30. The molecule has 166 valence electrons. The Labute approximate surface area is 197 Å². The van der Waals surface area contributed by atoms with Crippen LogP contribution in [0, 0.1) is 6.92 Å². The summed E-state index contributed by atoms with van der Waals surface area (Å²) < 4.78 is 0. The second-order valence-corrected chi connectivity index (χ2v) is 8.24. The normalized spacial score (nSPS) is 12.4.